The number of methoxy groups -OCH3 is 1. The molecule has 0 saturated carbocycles. The van der Waals surface area contributed by atoms with Gasteiger partial charge < -0.3 is 19.8 Å². The first-order chi connectivity index (χ1) is 15.4. The van der Waals surface area contributed by atoms with Crippen LogP contribution in [-0.4, -0.2) is 54.3 Å². The summed E-state index contributed by atoms with van der Waals surface area (Å²) in [4.78, 5) is 24.4. The van der Waals surface area contributed by atoms with Gasteiger partial charge in [-0.2, -0.15) is 0 Å². The number of hydrogen-bond acceptors (Lipinski definition) is 5. The van der Waals surface area contributed by atoms with Gasteiger partial charge in [0.05, 0.1) is 7.11 Å². The van der Waals surface area contributed by atoms with Crippen LogP contribution in [0.1, 0.15) is 29.9 Å². The van der Waals surface area contributed by atoms with Crippen molar-refractivity contribution in [3.63, 3.8) is 0 Å². The molecule has 0 aliphatic carbocycles. The number of carboxylic acids is 2. The average molecular weight is 456 g/mol. The van der Waals surface area contributed by atoms with Gasteiger partial charge in [0.15, 0.2) is 0 Å². The van der Waals surface area contributed by atoms with Gasteiger partial charge in [0, 0.05) is 21.9 Å². The lowest BCUT2D eigenvalue weighted by Crippen LogP contribution is -2.33. The highest BCUT2D eigenvalue weighted by Gasteiger charge is 2.31. The van der Waals surface area contributed by atoms with E-state index in [0.717, 1.165) is 18.1 Å². The van der Waals surface area contributed by atoms with Crippen LogP contribution < -0.4 is 4.74 Å². The SMILES string of the molecule is COc1ccc2c(c1)C(C1CCN(C)CC1)Cc1ccccc1S2.O=C(O)/C=C\C(=O)O. The Bertz CT molecular complexity index is 966. The van der Waals surface area contributed by atoms with E-state index in [1.165, 1.54) is 46.8 Å². The van der Waals surface area contributed by atoms with Gasteiger partial charge in [-0.15, -0.1) is 0 Å². The van der Waals surface area contributed by atoms with Gasteiger partial charge in [-0.3, -0.25) is 0 Å². The molecule has 0 aromatic heterocycles. The van der Waals surface area contributed by atoms with E-state index in [0.29, 0.717) is 18.1 Å². The molecule has 1 fully saturated rings. The van der Waals surface area contributed by atoms with Crippen LogP contribution in [0.5, 0.6) is 5.75 Å². The summed E-state index contributed by atoms with van der Waals surface area (Å²) in [6, 6.07) is 15.6. The minimum absolute atomic E-state index is 0.558. The molecule has 2 aromatic carbocycles. The van der Waals surface area contributed by atoms with E-state index in [1.54, 1.807) is 7.11 Å². The number of benzene rings is 2. The van der Waals surface area contributed by atoms with Crippen LogP contribution in [0.25, 0.3) is 0 Å². The van der Waals surface area contributed by atoms with Crippen molar-refractivity contribution < 1.29 is 24.5 Å². The molecule has 0 spiro atoms. The first-order valence-electron chi connectivity index (χ1n) is 10.6. The summed E-state index contributed by atoms with van der Waals surface area (Å²) in [5, 5.41) is 15.6. The molecule has 4 rings (SSSR count). The number of hydrogen-bond donors (Lipinski definition) is 2. The fourth-order valence-corrected chi connectivity index (χ4v) is 5.40. The van der Waals surface area contributed by atoms with Gasteiger partial charge in [-0.1, -0.05) is 30.0 Å². The molecule has 170 valence electrons. The first kappa shape index (κ1) is 23.9. The third-order valence-corrected chi connectivity index (χ3v) is 7.16. The maximum absolute atomic E-state index is 9.55. The summed E-state index contributed by atoms with van der Waals surface area (Å²) in [6.45, 7) is 2.44. The quantitative estimate of drug-likeness (QED) is 0.655. The lowest BCUT2D eigenvalue weighted by molar-refractivity contribution is -0.134. The van der Waals surface area contributed by atoms with E-state index in [9.17, 15) is 9.59 Å². The largest absolute Gasteiger partial charge is 0.497 e. The van der Waals surface area contributed by atoms with Gasteiger partial charge in [0.25, 0.3) is 0 Å². The number of piperidine rings is 1. The van der Waals surface area contributed by atoms with Crippen molar-refractivity contribution in [2.45, 2.75) is 35.0 Å². The fraction of sp³-hybridized carbons (Fsp3) is 0.360. The van der Waals surface area contributed by atoms with Crippen molar-refractivity contribution >= 4 is 23.7 Å². The molecule has 6 nitrogen and oxygen atoms in total. The van der Waals surface area contributed by atoms with E-state index in [1.807, 2.05) is 11.8 Å². The Morgan fingerprint density at radius 3 is 2.31 bits per heavy atom. The van der Waals surface area contributed by atoms with Crippen LogP contribution in [-0.2, 0) is 16.0 Å². The lowest BCUT2D eigenvalue weighted by Gasteiger charge is -2.35. The van der Waals surface area contributed by atoms with Crippen molar-refractivity contribution in [1.29, 1.82) is 0 Å². The van der Waals surface area contributed by atoms with Crippen LogP contribution in [0.2, 0.25) is 0 Å². The third-order valence-electron chi connectivity index (χ3n) is 5.95. The topological polar surface area (TPSA) is 87.1 Å². The highest BCUT2D eigenvalue weighted by atomic mass is 32.2. The molecule has 1 unspecified atom stereocenters. The predicted octanol–water partition coefficient (Wildman–Crippen LogP) is 4.54. The zero-order valence-electron chi connectivity index (χ0n) is 18.4. The number of aliphatic carboxylic acids is 2. The third kappa shape index (κ3) is 6.37. The van der Waals surface area contributed by atoms with E-state index in [-0.39, 0.29) is 0 Å². The first-order valence-corrected chi connectivity index (χ1v) is 11.4. The van der Waals surface area contributed by atoms with E-state index < -0.39 is 11.9 Å². The molecule has 1 atom stereocenters. The minimum atomic E-state index is -1.26. The standard InChI is InChI=1S/C21H25NOS.C4H4O4/c1-22-11-9-15(10-12-22)18-13-16-5-3-4-6-20(16)24-21-8-7-17(23-2)14-19(18)21;5-3(6)1-2-4(7)8/h3-8,14-15,18H,9-13H2,1-2H3;1-2H,(H,5,6)(H,7,8)/b;2-1-. The molecule has 0 bridgehead atoms. The van der Waals surface area contributed by atoms with Crippen LogP contribution in [0.15, 0.2) is 64.4 Å². The summed E-state index contributed by atoms with van der Waals surface area (Å²) in [6.07, 6.45) is 4.86. The van der Waals surface area contributed by atoms with Crippen molar-refractivity contribution in [1.82, 2.24) is 4.90 Å². The van der Waals surface area contributed by atoms with Crippen molar-refractivity contribution in [3.8, 4) is 5.75 Å². The number of carbonyl (C=O) groups is 2. The Labute approximate surface area is 192 Å². The van der Waals surface area contributed by atoms with Crippen molar-refractivity contribution in [2.24, 2.45) is 5.92 Å². The Kier molecular flexibility index (Phi) is 8.36. The summed E-state index contributed by atoms with van der Waals surface area (Å²) >= 11 is 1.92. The maximum atomic E-state index is 9.55. The Morgan fingerprint density at radius 1 is 1.03 bits per heavy atom. The van der Waals surface area contributed by atoms with E-state index in [2.05, 4.69) is 54.4 Å². The molecular weight excluding hydrogens is 426 g/mol. The van der Waals surface area contributed by atoms with Gasteiger partial charge in [0.1, 0.15) is 5.75 Å². The highest BCUT2D eigenvalue weighted by Crippen LogP contribution is 2.47. The van der Waals surface area contributed by atoms with Gasteiger partial charge in [-0.25, -0.2) is 9.59 Å². The number of rotatable bonds is 4. The summed E-state index contributed by atoms with van der Waals surface area (Å²) in [5.41, 5.74) is 2.99. The molecule has 7 heteroatoms. The molecule has 32 heavy (non-hydrogen) atoms. The molecule has 2 heterocycles. The molecular formula is C25H29NO5S. The van der Waals surface area contributed by atoms with Gasteiger partial charge in [-0.05, 0) is 86.6 Å². The average Bonchev–Trinajstić information content (AvgIpc) is 2.95. The molecule has 0 amide bonds. The Hall–Kier alpha value is -2.77. The van der Waals surface area contributed by atoms with E-state index in [4.69, 9.17) is 14.9 Å². The summed E-state index contributed by atoms with van der Waals surface area (Å²) in [7, 11) is 4.01. The fourth-order valence-electron chi connectivity index (χ4n) is 4.27. The second-order valence-electron chi connectivity index (χ2n) is 8.07. The minimum Gasteiger partial charge on any atom is -0.497 e. The molecule has 0 radical (unpaired) electrons. The second-order valence-corrected chi connectivity index (χ2v) is 9.16. The van der Waals surface area contributed by atoms with E-state index >= 15 is 0 Å². The van der Waals surface area contributed by atoms with Crippen LogP contribution in [0.3, 0.4) is 0 Å². The zero-order valence-corrected chi connectivity index (χ0v) is 19.2. The highest BCUT2D eigenvalue weighted by molar-refractivity contribution is 7.99. The summed E-state index contributed by atoms with van der Waals surface area (Å²) < 4.78 is 5.53. The van der Waals surface area contributed by atoms with Crippen LogP contribution in [0.4, 0.5) is 0 Å². The number of likely N-dealkylation sites (tertiary alicyclic amines) is 1. The van der Waals surface area contributed by atoms with Crippen LogP contribution in [0, 0.1) is 5.92 Å². The molecule has 1 saturated heterocycles. The Balaban J connectivity index is 0.000000312. The van der Waals surface area contributed by atoms with Crippen molar-refractivity contribution in [3.05, 3.63) is 65.7 Å². The molecule has 2 aromatic rings. The maximum Gasteiger partial charge on any atom is 0.328 e. The smallest absolute Gasteiger partial charge is 0.328 e. The monoisotopic (exact) mass is 455 g/mol. The number of ether oxygens (including phenoxy) is 1. The van der Waals surface area contributed by atoms with Gasteiger partial charge in [0.2, 0.25) is 0 Å². The van der Waals surface area contributed by atoms with Crippen molar-refractivity contribution in [2.75, 3.05) is 27.2 Å². The summed E-state index contributed by atoms with van der Waals surface area (Å²) in [5.74, 6) is -0.170. The Morgan fingerprint density at radius 2 is 1.69 bits per heavy atom. The lowest BCUT2D eigenvalue weighted by atomic mass is 9.77. The molecule has 2 N–H and O–H groups in total. The predicted molar refractivity (Wildman–Crippen MR) is 125 cm³/mol. The molecule has 2 aliphatic rings. The normalized spacial score (nSPS) is 18.6. The second kappa shape index (κ2) is 11.2. The number of fused-ring (bicyclic) bond motifs is 2. The number of carboxylic acid groups (broad SMARTS) is 2. The number of nitrogens with zero attached hydrogens (tertiary/aromatic N) is 1. The molecule has 2 aliphatic heterocycles. The van der Waals surface area contributed by atoms with Gasteiger partial charge >= 0.3 is 11.9 Å². The van der Waals surface area contributed by atoms with Crippen LogP contribution >= 0.6 is 11.8 Å². The zero-order chi connectivity index (χ0) is 23.1.